The molecule has 0 fully saturated rings. The molecule has 0 unspecified atom stereocenters. The summed E-state index contributed by atoms with van der Waals surface area (Å²) in [6.07, 6.45) is 0.832. The molecular formula is C11H11FN2O. The van der Waals surface area contributed by atoms with Crippen LogP contribution in [0.15, 0.2) is 18.2 Å². The van der Waals surface area contributed by atoms with E-state index in [4.69, 9.17) is 5.26 Å². The predicted octanol–water partition coefficient (Wildman–Crippen LogP) is 1.99. The summed E-state index contributed by atoms with van der Waals surface area (Å²) in [5.41, 5.74) is 0.554. The zero-order chi connectivity index (χ0) is 11.3. The Labute approximate surface area is 87.7 Å². The molecule has 0 N–H and O–H groups in total. The first-order valence-electron chi connectivity index (χ1n) is 4.52. The molecule has 0 aromatic heterocycles. The van der Waals surface area contributed by atoms with Crippen molar-refractivity contribution in [3.8, 4) is 6.07 Å². The lowest BCUT2D eigenvalue weighted by molar-refractivity contribution is 0.112. The van der Waals surface area contributed by atoms with Crippen LogP contribution in [0.4, 0.5) is 10.1 Å². The van der Waals surface area contributed by atoms with Crippen molar-refractivity contribution in [1.82, 2.24) is 0 Å². The van der Waals surface area contributed by atoms with Crippen LogP contribution in [-0.2, 0) is 0 Å². The van der Waals surface area contributed by atoms with E-state index in [9.17, 15) is 9.18 Å². The second-order valence-electron chi connectivity index (χ2n) is 3.12. The summed E-state index contributed by atoms with van der Waals surface area (Å²) in [5, 5.41) is 8.42. The zero-order valence-electron chi connectivity index (χ0n) is 8.40. The summed E-state index contributed by atoms with van der Waals surface area (Å²) >= 11 is 0. The Morgan fingerprint density at radius 1 is 1.60 bits per heavy atom. The highest BCUT2D eigenvalue weighted by atomic mass is 19.1. The predicted molar refractivity (Wildman–Crippen MR) is 55.3 cm³/mol. The molecule has 1 aromatic carbocycles. The van der Waals surface area contributed by atoms with Crippen molar-refractivity contribution in [2.45, 2.75) is 6.42 Å². The van der Waals surface area contributed by atoms with E-state index in [1.165, 1.54) is 6.07 Å². The highest BCUT2D eigenvalue weighted by Crippen LogP contribution is 2.20. The van der Waals surface area contributed by atoms with Gasteiger partial charge in [-0.05, 0) is 12.1 Å². The standard InChI is InChI=1S/C11H11FN2O/c1-14(7-3-6-13)11-5-2-4-10(12)9(11)8-15/h2,4-5,8H,3,7H2,1H3. The molecule has 78 valence electrons. The van der Waals surface area contributed by atoms with Gasteiger partial charge in [0.05, 0.1) is 23.7 Å². The van der Waals surface area contributed by atoms with Crippen LogP contribution in [0.5, 0.6) is 0 Å². The Bertz CT molecular complexity index is 398. The van der Waals surface area contributed by atoms with Gasteiger partial charge >= 0.3 is 0 Å². The molecule has 15 heavy (non-hydrogen) atoms. The fourth-order valence-corrected chi connectivity index (χ4v) is 1.31. The third-order valence-corrected chi connectivity index (χ3v) is 2.12. The van der Waals surface area contributed by atoms with Gasteiger partial charge in [-0.15, -0.1) is 0 Å². The normalized spacial score (nSPS) is 9.40. The molecule has 0 aliphatic rings. The molecule has 0 spiro atoms. The van der Waals surface area contributed by atoms with E-state index in [0.717, 1.165) is 0 Å². The van der Waals surface area contributed by atoms with Crippen molar-refractivity contribution in [2.75, 3.05) is 18.5 Å². The van der Waals surface area contributed by atoms with Gasteiger partial charge in [0.1, 0.15) is 5.82 Å². The van der Waals surface area contributed by atoms with E-state index in [2.05, 4.69) is 0 Å². The molecule has 0 atom stereocenters. The number of hydrogen-bond donors (Lipinski definition) is 0. The third-order valence-electron chi connectivity index (χ3n) is 2.12. The highest BCUT2D eigenvalue weighted by molar-refractivity contribution is 5.84. The molecule has 0 bridgehead atoms. The van der Waals surface area contributed by atoms with E-state index in [-0.39, 0.29) is 5.56 Å². The maximum Gasteiger partial charge on any atom is 0.155 e. The number of nitriles is 1. The van der Waals surface area contributed by atoms with Crippen molar-refractivity contribution in [1.29, 1.82) is 5.26 Å². The number of benzene rings is 1. The van der Waals surface area contributed by atoms with Crippen molar-refractivity contribution >= 4 is 12.0 Å². The monoisotopic (exact) mass is 206 g/mol. The van der Waals surface area contributed by atoms with Gasteiger partial charge in [-0.3, -0.25) is 4.79 Å². The first-order valence-corrected chi connectivity index (χ1v) is 4.52. The molecule has 0 amide bonds. The largest absolute Gasteiger partial charge is 0.373 e. The minimum absolute atomic E-state index is 0.0398. The Kier molecular flexibility index (Phi) is 3.81. The van der Waals surface area contributed by atoms with Gasteiger partial charge in [0, 0.05) is 13.6 Å². The summed E-state index contributed by atoms with van der Waals surface area (Å²) in [4.78, 5) is 12.4. The molecule has 3 nitrogen and oxygen atoms in total. The summed E-state index contributed by atoms with van der Waals surface area (Å²) in [6, 6.07) is 6.44. The van der Waals surface area contributed by atoms with Gasteiger partial charge in [-0.1, -0.05) is 6.07 Å². The molecule has 4 heteroatoms. The first kappa shape index (κ1) is 11.2. The lowest BCUT2D eigenvalue weighted by Crippen LogP contribution is -2.20. The second-order valence-corrected chi connectivity index (χ2v) is 3.12. The maximum atomic E-state index is 13.2. The Morgan fingerprint density at radius 3 is 2.93 bits per heavy atom. The molecule has 0 saturated heterocycles. The average molecular weight is 206 g/mol. The van der Waals surface area contributed by atoms with E-state index in [1.54, 1.807) is 24.1 Å². The molecule has 0 aliphatic carbocycles. The molecule has 1 rings (SSSR count). The van der Waals surface area contributed by atoms with Crippen molar-refractivity contribution in [3.63, 3.8) is 0 Å². The fourth-order valence-electron chi connectivity index (χ4n) is 1.31. The van der Waals surface area contributed by atoms with Gasteiger partial charge in [0.15, 0.2) is 6.29 Å². The number of anilines is 1. The quantitative estimate of drug-likeness (QED) is 0.707. The van der Waals surface area contributed by atoms with Crippen molar-refractivity contribution < 1.29 is 9.18 Å². The average Bonchev–Trinajstić information content (AvgIpc) is 2.25. The van der Waals surface area contributed by atoms with Gasteiger partial charge in [0.2, 0.25) is 0 Å². The maximum absolute atomic E-state index is 13.2. The van der Waals surface area contributed by atoms with Gasteiger partial charge in [0.25, 0.3) is 0 Å². The number of carbonyl (C=O) groups excluding carboxylic acids is 1. The lowest BCUT2D eigenvalue weighted by Gasteiger charge is -2.19. The molecular weight excluding hydrogens is 195 g/mol. The van der Waals surface area contributed by atoms with Gasteiger partial charge < -0.3 is 4.90 Å². The number of hydrogen-bond acceptors (Lipinski definition) is 3. The van der Waals surface area contributed by atoms with Crippen LogP contribution in [0.1, 0.15) is 16.8 Å². The number of nitrogens with zero attached hydrogens (tertiary/aromatic N) is 2. The SMILES string of the molecule is CN(CCC#N)c1cccc(F)c1C=O. The number of aldehydes is 1. The smallest absolute Gasteiger partial charge is 0.155 e. The van der Waals surface area contributed by atoms with Crippen LogP contribution in [-0.4, -0.2) is 19.9 Å². The minimum atomic E-state index is -0.536. The molecule has 1 aromatic rings. The van der Waals surface area contributed by atoms with E-state index >= 15 is 0 Å². The molecule has 0 heterocycles. The Morgan fingerprint density at radius 2 is 2.33 bits per heavy atom. The summed E-state index contributed by atoms with van der Waals surface area (Å²) in [5.74, 6) is -0.536. The molecule has 0 saturated carbocycles. The van der Waals surface area contributed by atoms with Crippen LogP contribution in [0.2, 0.25) is 0 Å². The van der Waals surface area contributed by atoms with Gasteiger partial charge in [-0.2, -0.15) is 5.26 Å². The zero-order valence-corrected chi connectivity index (χ0v) is 8.40. The van der Waals surface area contributed by atoms with E-state index in [0.29, 0.717) is 24.9 Å². The highest BCUT2D eigenvalue weighted by Gasteiger charge is 2.10. The Hall–Kier alpha value is -1.89. The lowest BCUT2D eigenvalue weighted by atomic mass is 10.1. The van der Waals surface area contributed by atoms with Crippen molar-refractivity contribution in [3.05, 3.63) is 29.6 Å². The molecule has 0 aliphatic heterocycles. The topological polar surface area (TPSA) is 44.1 Å². The van der Waals surface area contributed by atoms with E-state index < -0.39 is 5.82 Å². The second kappa shape index (κ2) is 5.11. The summed E-state index contributed by atoms with van der Waals surface area (Å²) < 4.78 is 13.2. The van der Waals surface area contributed by atoms with Crippen LogP contribution >= 0.6 is 0 Å². The van der Waals surface area contributed by atoms with Crippen LogP contribution in [0.25, 0.3) is 0 Å². The summed E-state index contributed by atoms with van der Waals surface area (Å²) in [6.45, 7) is 0.473. The Balaban J connectivity index is 2.98. The molecule has 0 radical (unpaired) electrons. The minimum Gasteiger partial charge on any atom is -0.373 e. The van der Waals surface area contributed by atoms with Crippen LogP contribution < -0.4 is 4.90 Å². The van der Waals surface area contributed by atoms with E-state index in [1.807, 2.05) is 6.07 Å². The summed E-state index contributed by atoms with van der Waals surface area (Å²) in [7, 11) is 1.72. The van der Waals surface area contributed by atoms with Crippen molar-refractivity contribution in [2.24, 2.45) is 0 Å². The van der Waals surface area contributed by atoms with Crippen LogP contribution in [0, 0.1) is 17.1 Å². The van der Waals surface area contributed by atoms with Gasteiger partial charge in [-0.25, -0.2) is 4.39 Å². The number of rotatable bonds is 4. The fraction of sp³-hybridized carbons (Fsp3) is 0.273. The number of halogens is 1. The van der Waals surface area contributed by atoms with Crippen LogP contribution in [0.3, 0.4) is 0 Å². The third kappa shape index (κ3) is 2.53. The first-order chi connectivity index (χ1) is 7.20. The number of carbonyl (C=O) groups is 1.